The molecule has 52 heavy (non-hydrogen) atoms. The standard InChI is InChI=1S/C36H52FN6O8P/c1-2-3-4-5-6-7-8-9-10-11-12-13-14-29(48-21-27-17-26(20-38)18-28(37)19-27)22-49-52(46,47)50-24-36(23-39)34(45)32(44)33(51-36)30-15-16-31-35(40)41-25-42-43(30)31/h16-19,25,29-30,32-34,44-45H,2-15,21-22,24H2,1H3,(H,46,47)(H2,40,41,42)/t29-,30?,32-,33-,34-,36+/m0/s1. The predicted molar refractivity (Wildman–Crippen MR) is 191 cm³/mol. The highest BCUT2D eigenvalue weighted by molar-refractivity contribution is 7.47. The molecule has 7 atom stereocenters. The number of hydrazone groups is 1. The zero-order chi connectivity index (χ0) is 37.6. The summed E-state index contributed by atoms with van der Waals surface area (Å²) in [4.78, 5) is 14.5. The number of fused-ring (bicyclic) bond motifs is 1. The molecule has 0 aliphatic carbocycles. The van der Waals surface area contributed by atoms with Crippen LogP contribution in [0.3, 0.4) is 0 Å². The fourth-order valence-corrected chi connectivity index (χ4v) is 7.46. The molecule has 1 aromatic carbocycles. The highest BCUT2D eigenvalue weighted by atomic mass is 31.2. The Balaban J connectivity index is 1.28. The van der Waals surface area contributed by atoms with Crippen LogP contribution in [-0.2, 0) is 29.7 Å². The van der Waals surface area contributed by atoms with E-state index in [-0.39, 0.29) is 24.6 Å². The van der Waals surface area contributed by atoms with Crippen LogP contribution in [0, 0.1) is 28.5 Å². The first-order valence-corrected chi connectivity index (χ1v) is 19.8. The van der Waals surface area contributed by atoms with Gasteiger partial charge in [-0.3, -0.25) is 14.1 Å². The van der Waals surface area contributed by atoms with Crippen molar-refractivity contribution in [3.05, 3.63) is 46.9 Å². The lowest BCUT2D eigenvalue weighted by Gasteiger charge is -2.31. The second-order valence-electron chi connectivity index (χ2n) is 13.6. The zero-order valence-electron chi connectivity index (χ0n) is 29.8. The van der Waals surface area contributed by atoms with E-state index in [1.165, 1.54) is 74.8 Å². The third-order valence-corrected chi connectivity index (χ3v) is 10.6. The number of aliphatic imine (C=N–C) groups is 1. The minimum absolute atomic E-state index is 0.0670. The number of rotatable bonds is 23. The van der Waals surface area contributed by atoms with Gasteiger partial charge in [-0.15, -0.1) is 0 Å². The van der Waals surface area contributed by atoms with E-state index in [1.807, 2.05) is 6.07 Å². The van der Waals surface area contributed by atoms with E-state index in [0.29, 0.717) is 24.1 Å². The van der Waals surface area contributed by atoms with Crippen LogP contribution in [0.4, 0.5) is 4.39 Å². The lowest BCUT2D eigenvalue weighted by molar-refractivity contribution is -0.0882. The number of hydrogen-bond donors (Lipinski definition) is 4. The van der Waals surface area contributed by atoms with Crippen LogP contribution in [0.15, 0.2) is 40.1 Å². The van der Waals surface area contributed by atoms with Crippen LogP contribution in [-0.4, -0.2) is 81.6 Å². The Bertz CT molecular complexity index is 1550. The van der Waals surface area contributed by atoms with Gasteiger partial charge in [-0.1, -0.05) is 90.0 Å². The molecular weight excluding hydrogens is 694 g/mol. The highest BCUT2D eigenvalue weighted by Gasteiger charge is 2.59. The number of halogens is 1. The summed E-state index contributed by atoms with van der Waals surface area (Å²) in [5, 5.41) is 46.7. The fourth-order valence-electron chi connectivity index (χ4n) is 6.68. The Morgan fingerprint density at radius 1 is 1.08 bits per heavy atom. The summed E-state index contributed by atoms with van der Waals surface area (Å²) < 4.78 is 49.4. The van der Waals surface area contributed by atoms with E-state index in [4.69, 9.17) is 24.3 Å². The van der Waals surface area contributed by atoms with Gasteiger partial charge < -0.3 is 30.3 Å². The lowest BCUT2D eigenvalue weighted by Crippen LogP contribution is -2.46. The van der Waals surface area contributed by atoms with Crippen LogP contribution < -0.4 is 5.73 Å². The maximum absolute atomic E-state index is 14.0. The molecule has 0 saturated carbocycles. The van der Waals surface area contributed by atoms with Gasteiger partial charge in [0.2, 0.25) is 5.60 Å². The average Bonchev–Trinajstić information content (AvgIpc) is 3.67. The molecule has 3 heterocycles. The van der Waals surface area contributed by atoms with Crippen molar-refractivity contribution in [1.29, 1.82) is 10.5 Å². The number of aliphatic hydroxyl groups excluding tert-OH is 2. The van der Waals surface area contributed by atoms with Crippen molar-refractivity contribution in [2.45, 2.75) is 139 Å². The summed E-state index contributed by atoms with van der Waals surface area (Å²) in [6.07, 6.45) is 12.5. The topological polar surface area (TPSA) is 216 Å². The van der Waals surface area contributed by atoms with Crippen LogP contribution >= 0.6 is 7.82 Å². The third kappa shape index (κ3) is 11.6. The number of phosphoric ester groups is 1. The van der Waals surface area contributed by atoms with Crippen molar-refractivity contribution in [2.75, 3.05) is 13.2 Å². The molecule has 2 unspecified atom stereocenters. The second-order valence-corrected chi connectivity index (χ2v) is 15.1. The molecule has 16 heteroatoms. The fraction of sp³-hybridized carbons (Fsp3) is 0.667. The number of amidine groups is 1. The van der Waals surface area contributed by atoms with Gasteiger partial charge in [0.05, 0.1) is 42.7 Å². The van der Waals surface area contributed by atoms with Crippen LogP contribution in [0.25, 0.3) is 0 Å². The summed E-state index contributed by atoms with van der Waals surface area (Å²) in [5.74, 6) is -0.372. The molecular formula is C36H52FN6O8P. The number of nitrogens with two attached hydrogens (primary N) is 1. The van der Waals surface area contributed by atoms with E-state index in [2.05, 4.69) is 17.0 Å². The normalized spacial score (nSPS) is 25.6. The van der Waals surface area contributed by atoms with E-state index >= 15 is 0 Å². The Morgan fingerprint density at radius 3 is 2.40 bits per heavy atom. The van der Waals surface area contributed by atoms with Gasteiger partial charge in [0.25, 0.3) is 0 Å². The number of phosphoric acid groups is 1. The Hall–Kier alpha value is -3.24. The van der Waals surface area contributed by atoms with Gasteiger partial charge in [0.1, 0.15) is 43.1 Å². The molecule has 0 spiro atoms. The first-order chi connectivity index (χ1) is 25.0. The number of nitriles is 2. The molecule has 0 radical (unpaired) electrons. The molecule has 1 saturated heterocycles. The highest BCUT2D eigenvalue weighted by Crippen LogP contribution is 2.47. The van der Waals surface area contributed by atoms with Gasteiger partial charge in [0.15, 0.2) is 5.84 Å². The number of hydrogen-bond acceptors (Lipinski definition) is 13. The number of ether oxygens (including phenoxy) is 2. The number of nitrogens with zero attached hydrogens (tertiary/aromatic N) is 5. The van der Waals surface area contributed by atoms with Crippen LogP contribution in [0.2, 0.25) is 0 Å². The van der Waals surface area contributed by atoms with Crippen molar-refractivity contribution >= 4 is 20.0 Å². The minimum atomic E-state index is -4.85. The maximum Gasteiger partial charge on any atom is 0.472 e. The molecule has 286 valence electrons. The van der Waals surface area contributed by atoms with E-state index in [1.54, 1.807) is 12.1 Å². The second kappa shape index (κ2) is 20.3. The minimum Gasteiger partial charge on any atom is -0.387 e. The molecule has 1 aromatic rings. The first-order valence-electron chi connectivity index (χ1n) is 18.3. The quantitative estimate of drug-likeness (QED) is 0.0811. The van der Waals surface area contributed by atoms with Crippen molar-refractivity contribution in [1.82, 2.24) is 5.01 Å². The molecule has 0 aromatic heterocycles. The number of benzene rings is 1. The van der Waals surface area contributed by atoms with Crippen LogP contribution in [0.1, 0.15) is 108 Å². The number of unbranched alkanes of at least 4 members (excludes halogenated alkanes) is 11. The smallest absolute Gasteiger partial charge is 0.387 e. The monoisotopic (exact) mass is 746 g/mol. The van der Waals surface area contributed by atoms with Gasteiger partial charge in [-0.25, -0.2) is 13.9 Å². The number of aliphatic hydroxyl groups is 2. The molecule has 4 rings (SSSR count). The van der Waals surface area contributed by atoms with Crippen molar-refractivity contribution in [3.8, 4) is 12.1 Å². The summed E-state index contributed by atoms with van der Waals surface area (Å²) >= 11 is 0. The molecule has 1 fully saturated rings. The van der Waals surface area contributed by atoms with E-state index < -0.39 is 56.3 Å². The van der Waals surface area contributed by atoms with Crippen molar-refractivity contribution in [2.24, 2.45) is 15.8 Å². The maximum atomic E-state index is 14.0. The molecule has 0 bridgehead atoms. The molecule has 3 aliphatic heterocycles. The summed E-state index contributed by atoms with van der Waals surface area (Å²) in [7, 11) is -4.85. The lowest BCUT2D eigenvalue weighted by atomic mass is 9.94. The Kier molecular flexibility index (Phi) is 16.2. The van der Waals surface area contributed by atoms with Crippen molar-refractivity contribution < 1.29 is 42.6 Å². The largest absolute Gasteiger partial charge is 0.472 e. The third-order valence-electron chi connectivity index (χ3n) is 9.62. The zero-order valence-corrected chi connectivity index (χ0v) is 30.7. The van der Waals surface area contributed by atoms with Gasteiger partial charge in [0, 0.05) is 0 Å². The first kappa shape index (κ1) is 41.5. The predicted octanol–water partition coefficient (Wildman–Crippen LogP) is 5.46. The molecule has 14 nitrogen and oxygen atoms in total. The van der Waals surface area contributed by atoms with Gasteiger partial charge >= 0.3 is 7.82 Å². The van der Waals surface area contributed by atoms with Gasteiger partial charge in [-0.2, -0.15) is 15.6 Å². The molecule has 5 N–H and O–H groups in total. The van der Waals surface area contributed by atoms with Gasteiger partial charge in [-0.05, 0) is 36.6 Å². The summed E-state index contributed by atoms with van der Waals surface area (Å²) in [6.45, 7) is 0.889. The van der Waals surface area contributed by atoms with E-state index in [0.717, 1.165) is 31.7 Å². The molecule has 0 amide bonds. The van der Waals surface area contributed by atoms with Crippen LogP contribution in [0.5, 0.6) is 0 Å². The molecule has 3 aliphatic rings. The SMILES string of the molecule is CCCCCCCCCCCCCC[C@@H](COP(=O)(O)OC[C@@]1(C#N)O[C@@H](C2CC=C3C(N)=NC=NN32)[C@H](O)[C@@H]1O)OCc1cc(F)cc(C#N)c1. The average molecular weight is 747 g/mol. The summed E-state index contributed by atoms with van der Waals surface area (Å²) in [6, 6.07) is 6.94. The summed E-state index contributed by atoms with van der Waals surface area (Å²) in [5.41, 5.74) is 4.79. The van der Waals surface area contributed by atoms with Crippen molar-refractivity contribution in [3.63, 3.8) is 0 Å². The Morgan fingerprint density at radius 2 is 1.75 bits per heavy atom. The van der Waals surface area contributed by atoms with E-state index in [9.17, 15) is 34.6 Å². The Labute approximate surface area is 305 Å².